The van der Waals surface area contributed by atoms with Crippen molar-refractivity contribution >= 4 is 35.2 Å². The highest BCUT2D eigenvalue weighted by molar-refractivity contribution is 5.97. The van der Waals surface area contributed by atoms with Gasteiger partial charge in [-0.2, -0.15) is 9.85 Å². The lowest BCUT2D eigenvalue weighted by atomic mass is 9.98. The lowest BCUT2D eigenvalue weighted by molar-refractivity contribution is -0.133. The van der Waals surface area contributed by atoms with E-state index in [0.29, 0.717) is 82.5 Å². The molecule has 4 amide bonds. The summed E-state index contributed by atoms with van der Waals surface area (Å²) in [6, 6.07) is 22.8. The number of fused-ring (bicyclic) bond motifs is 3. The van der Waals surface area contributed by atoms with Crippen molar-refractivity contribution < 1.29 is 48.1 Å². The van der Waals surface area contributed by atoms with Gasteiger partial charge in [0, 0.05) is 57.7 Å². The number of nitrogens with one attached hydrogen (secondary N) is 3. The van der Waals surface area contributed by atoms with Crippen molar-refractivity contribution in [2.75, 3.05) is 71.2 Å². The molecule has 0 aromatic heterocycles. The number of ether oxygens (including phenoxy) is 4. The summed E-state index contributed by atoms with van der Waals surface area (Å²) in [6.07, 6.45) is 0.246. The lowest BCUT2D eigenvalue weighted by Gasteiger charge is -2.18. The third-order valence-corrected chi connectivity index (χ3v) is 8.45. The average molecular weight is 745 g/mol. The van der Waals surface area contributed by atoms with Crippen LogP contribution in [0.5, 0.6) is 0 Å². The van der Waals surface area contributed by atoms with E-state index in [2.05, 4.69) is 20.7 Å². The van der Waals surface area contributed by atoms with Crippen LogP contribution in [0.4, 0.5) is 10.5 Å². The van der Waals surface area contributed by atoms with Crippen LogP contribution < -0.4 is 16.0 Å². The van der Waals surface area contributed by atoms with Gasteiger partial charge in [0.2, 0.25) is 17.7 Å². The van der Waals surface area contributed by atoms with Crippen molar-refractivity contribution in [3.8, 4) is 11.1 Å². The van der Waals surface area contributed by atoms with Crippen LogP contribution in [0, 0.1) is 0 Å². The predicted octanol–water partition coefficient (Wildman–Crippen LogP) is 4.15. The topological polar surface area (TPSA) is 201 Å². The molecule has 0 fully saturated rings. The molecular formula is C39H48N6O9. The molecule has 54 heavy (non-hydrogen) atoms. The maximum atomic E-state index is 12.4. The van der Waals surface area contributed by atoms with Crippen molar-refractivity contribution in [1.29, 1.82) is 0 Å². The number of carbonyl (C=O) groups is 4. The molecule has 0 unspecified atom stereocenters. The van der Waals surface area contributed by atoms with Gasteiger partial charge in [0.1, 0.15) is 13.2 Å². The molecule has 4 rings (SSSR count). The van der Waals surface area contributed by atoms with Crippen LogP contribution >= 0.6 is 0 Å². The van der Waals surface area contributed by atoms with E-state index in [1.165, 1.54) is 0 Å². The van der Waals surface area contributed by atoms with Crippen LogP contribution in [-0.2, 0) is 33.3 Å². The number of hydroxylamine groups is 2. The van der Waals surface area contributed by atoms with E-state index < -0.39 is 18.5 Å². The molecule has 0 atom stereocenters. The number of hydrogen-bond donors (Lipinski definition) is 4. The van der Waals surface area contributed by atoms with Crippen LogP contribution in [0.2, 0.25) is 0 Å². The van der Waals surface area contributed by atoms with Gasteiger partial charge < -0.3 is 40.4 Å². The molecule has 4 N–H and O–H groups in total. The van der Waals surface area contributed by atoms with Gasteiger partial charge in [0.05, 0.1) is 32.0 Å². The van der Waals surface area contributed by atoms with Crippen LogP contribution in [0.25, 0.3) is 16.7 Å². The zero-order valence-corrected chi connectivity index (χ0v) is 30.5. The van der Waals surface area contributed by atoms with Gasteiger partial charge in [0.25, 0.3) is 5.71 Å². The number of benzene rings is 3. The fourth-order valence-corrected chi connectivity index (χ4v) is 5.69. The standard InChI is InChI=1S/C39H48N6O9/c1-28(44-40)29-9-6-10-30(25-29)43-37(47)16-15-36(46)41-17-7-19-51-21-23-53-24-22-52-20-8-18-42-38(48)26-45(50)39(49)54-27-35-33-13-4-2-11-31(33)32-12-3-5-14-34(32)35/h2-6,9-14,25,35,50H,7-8,15-24,26-27H2,1H3,(H,41,46)(H,42,48)(H,43,47). The Morgan fingerprint density at radius 2 is 1.30 bits per heavy atom. The highest BCUT2D eigenvalue weighted by Gasteiger charge is 2.30. The second kappa shape index (κ2) is 22.6. The summed E-state index contributed by atoms with van der Waals surface area (Å²) in [6.45, 7) is 4.22. The molecular weight excluding hydrogens is 696 g/mol. The summed E-state index contributed by atoms with van der Waals surface area (Å²) >= 11 is 0. The maximum absolute atomic E-state index is 12.4. The largest absolute Gasteiger partial charge is 0.447 e. The molecule has 1 aliphatic carbocycles. The van der Waals surface area contributed by atoms with Gasteiger partial charge in [-0.1, -0.05) is 54.6 Å². The normalized spacial score (nSPS) is 11.5. The molecule has 0 heterocycles. The van der Waals surface area contributed by atoms with Gasteiger partial charge in [-0.25, -0.2) is 4.79 Å². The molecule has 1 aliphatic rings. The molecule has 0 radical (unpaired) electrons. The van der Waals surface area contributed by atoms with Crippen LogP contribution in [0.1, 0.15) is 55.2 Å². The second-order valence-electron chi connectivity index (χ2n) is 12.4. The van der Waals surface area contributed by atoms with Gasteiger partial charge in [-0.15, -0.1) is 0 Å². The van der Waals surface area contributed by atoms with E-state index in [1.807, 2.05) is 48.5 Å². The number of nitrogens with zero attached hydrogens (tertiary/aromatic N) is 3. The summed E-state index contributed by atoms with van der Waals surface area (Å²) in [5.74, 6) is -1.20. The minimum Gasteiger partial charge on any atom is -0.447 e. The van der Waals surface area contributed by atoms with Gasteiger partial charge in [-0.05, 0) is 53.3 Å². The fourth-order valence-electron chi connectivity index (χ4n) is 5.69. The first-order chi connectivity index (χ1) is 26.3. The zero-order valence-electron chi connectivity index (χ0n) is 30.5. The molecule has 0 saturated heterocycles. The summed E-state index contributed by atoms with van der Waals surface area (Å²) in [4.78, 5) is 52.0. The van der Waals surface area contributed by atoms with Crippen molar-refractivity contribution in [3.05, 3.63) is 95.0 Å². The first-order valence-electron chi connectivity index (χ1n) is 17.9. The van der Waals surface area contributed by atoms with Crippen molar-refractivity contribution in [2.45, 2.75) is 38.5 Å². The molecule has 0 saturated carbocycles. The summed E-state index contributed by atoms with van der Waals surface area (Å²) < 4.78 is 21.8. The maximum Gasteiger partial charge on any atom is 0.434 e. The minimum atomic E-state index is -0.994. The number of anilines is 1. The molecule has 0 aliphatic heterocycles. The monoisotopic (exact) mass is 744 g/mol. The lowest BCUT2D eigenvalue weighted by Crippen LogP contribution is -2.39. The number of rotatable bonds is 23. The number of hydrogen-bond acceptors (Lipinski definition) is 9. The van der Waals surface area contributed by atoms with Crippen LogP contribution in [0.15, 0.2) is 72.8 Å². The number of amides is 4. The van der Waals surface area contributed by atoms with E-state index >= 15 is 0 Å². The van der Waals surface area contributed by atoms with Crippen molar-refractivity contribution in [2.24, 2.45) is 0 Å². The van der Waals surface area contributed by atoms with Gasteiger partial charge in [0.15, 0.2) is 0 Å². The van der Waals surface area contributed by atoms with Gasteiger partial charge >= 0.3 is 6.09 Å². The average Bonchev–Trinajstić information content (AvgIpc) is 3.50. The first-order valence-corrected chi connectivity index (χ1v) is 17.9. The Bertz CT molecular complexity index is 1720. The Kier molecular flexibility index (Phi) is 17.3. The number of carbonyl (C=O) groups excluding carboxylic acids is 4. The van der Waals surface area contributed by atoms with Gasteiger partial charge in [-0.3, -0.25) is 19.6 Å². The fraction of sp³-hybridized carbons (Fsp3) is 0.410. The van der Waals surface area contributed by atoms with E-state index in [9.17, 15) is 24.4 Å². The molecule has 15 heteroatoms. The van der Waals surface area contributed by atoms with E-state index in [1.54, 1.807) is 31.2 Å². The van der Waals surface area contributed by atoms with Crippen LogP contribution in [-0.4, -0.2) is 110 Å². The molecule has 0 spiro atoms. The van der Waals surface area contributed by atoms with Crippen LogP contribution in [0.3, 0.4) is 0 Å². The van der Waals surface area contributed by atoms with E-state index in [4.69, 9.17) is 24.5 Å². The Morgan fingerprint density at radius 3 is 1.91 bits per heavy atom. The Balaban J connectivity index is 0.916. The highest BCUT2D eigenvalue weighted by atomic mass is 16.6. The smallest absolute Gasteiger partial charge is 0.434 e. The Labute approximate surface area is 314 Å². The van der Waals surface area contributed by atoms with Crippen molar-refractivity contribution in [1.82, 2.24) is 15.7 Å². The molecule has 0 bridgehead atoms. The molecule has 288 valence electrons. The summed E-state index contributed by atoms with van der Waals surface area (Å²) in [5, 5.41) is 18.5. The highest BCUT2D eigenvalue weighted by Crippen LogP contribution is 2.44. The predicted molar refractivity (Wildman–Crippen MR) is 199 cm³/mol. The van der Waals surface area contributed by atoms with E-state index in [0.717, 1.165) is 22.3 Å². The first kappa shape index (κ1) is 41.3. The summed E-state index contributed by atoms with van der Waals surface area (Å²) in [5.41, 5.74) is 14.8. The quantitative estimate of drug-likeness (QED) is 0.0275. The minimum absolute atomic E-state index is 0.0360. The SMILES string of the molecule is CC(=[N+]=[N-])c1cccc(NC(=O)CCC(=O)NCCCOCCOCCOCCCNC(=O)CN(O)C(=O)OCC2c3ccccc3-c3ccccc32)c1. The molecule has 15 nitrogen and oxygen atoms in total. The molecule has 3 aromatic rings. The zero-order chi connectivity index (χ0) is 38.5. The Hall–Kier alpha value is -5.44. The Morgan fingerprint density at radius 1 is 0.741 bits per heavy atom. The van der Waals surface area contributed by atoms with E-state index in [-0.39, 0.29) is 42.2 Å². The second-order valence-corrected chi connectivity index (χ2v) is 12.4. The molecule has 3 aromatic carbocycles. The van der Waals surface area contributed by atoms with Crippen molar-refractivity contribution in [3.63, 3.8) is 0 Å². The third-order valence-electron chi connectivity index (χ3n) is 8.45. The summed E-state index contributed by atoms with van der Waals surface area (Å²) in [7, 11) is 0. The third kappa shape index (κ3) is 13.5.